The predicted octanol–water partition coefficient (Wildman–Crippen LogP) is 3.64. The summed E-state index contributed by atoms with van der Waals surface area (Å²) in [7, 11) is -3.67. The molecule has 2 aromatic carbocycles. The maximum Gasteiger partial charge on any atom is 0.232 e. The molecule has 0 atom stereocenters. The topological polar surface area (TPSA) is 101 Å². The van der Waals surface area contributed by atoms with Crippen LogP contribution in [0.2, 0.25) is 5.02 Å². The Morgan fingerprint density at radius 2 is 1.97 bits per heavy atom. The summed E-state index contributed by atoms with van der Waals surface area (Å²) in [6, 6.07) is 6.87. The largest absolute Gasteiger partial charge is 0.378 e. The Bertz CT molecular complexity index is 1310. The molecule has 33 heavy (non-hydrogen) atoms. The van der Waals surface area contributed by atoms with Gasteiger partial charge in [0.15, 0.2) is 5.78 Å². The highest BCUT2D eigenvalue weighted by molar-refractivity contribution is 7.92. The number of nitrogens with one attached hydrogen (secondary N) is 1. The number of benzene rings is 2. The molecule has 11 heteroatoms. The van der Waals surface area contributed by atoms with Gasteiger partial charge < -0.3 is 9.64 Å². The van der Waals surface area contributed by atoms with Crippen molar-refractivity contribution in [3.8, 4) is 0 Å². The van der Waals surface area contributed by atoms with Gasteiger partial charge in [-0.25, -0.2) is 17.8 Å². The summed E-state index contributed by atoms with van der Waals surface area (Å²) in [5, 5.41) is -0.298. The zero-order valence-corrected chi connectivity index (χ0v) is 19.4. The lowest BCUT2D eigenvalue weighted by molar-refractivity contribution is 0.103. The monoisotopic (exact) mass is 492 g/mol. The van der Waals surface area contributed by atoms with E-state index < -0.39 is 27.2 Å². The highest BCUT2D eigenvalue weighted by atomic mass is 35.5. The quantitative estimate of drug-likeness (QED) is 0.502. The zero-order valence-electron chi connectivity index (χ0n) is 17.8. The number of carbonyl (C=O) groups is 1. The Morgan fingerprint density at radius 3 is 2.70 bits per heavy atom. The van der Waals surface area contributed by atoms with Gasteiger partial charge in [0.05, 0.1) is 52.5 Å². The van der Waals surface area contributed by atoms with Gasteiger partial charge in [-0.05, 0) is 36.8 Å². The van der Waals surface area contributed by atoms with Gasteiger partial charge in [0.1, 0.15) is 11.6 Å². The number of morpholine rings is 1. The maximum absolute atomic E-state index is 14.6. The summed E-state index contributed by atoms with van der Waals surface area (Å²) in [6.07, 6.45) is 2.06. The molecule has 0 amide bonds. The maximum atomic E-state index is 14.6. The van der Waals surface area contributed by atoms with E-state index >= 15 is 0 Å². The van der Waals surface area contributed by atoms with E-state index in [-0.39, 0.29) is 22.0 Å². The molecule has 1 saturated heterocycles. The van der Waals surface area contributed by atoms with Crippen LogP contribution >= 0.6 is 11.6 Å². The van der Waals surface area contributed by atoms with Crippen LogP contribution in [0.5, 0.6) is 0 Å². The molecule has 0 saturated carbocycles. The molecule has 0 radical (unpaired) electrons. The molecule has 0 aliphatic carbocycles. The van der Waals surface area contributed by atoms with Crippen LogP contribution in [0.25, 0.3) is 11.0 Å². The Kier molecular flexibility index (Phi) is 6.78. The van der Waals surface area contributed by atoms with Crippen LogP contribution in [0.3, 0.4) is 0 Å². The van der Waals surface area contributed by atoms with Crippen LogP contribution in [0.1, 0.15) is 29.3 Å². The van der Waals surface area contributed by atoms with Crippen molar-refractivity contribution in [3.63, 3.8) is 0 Å². The average Bonchev–Trinajstić information content (AvgIpc) is 2.80. The second kappa shape index (κ2) is 9.58. The normalized spacial score (nSPS) is 14.5. The van der Waals surface area contributed by atoms with Gasteiger partial charge in [0.25, 0.3) is 0 Å². The number of carbonyl (C=O) groups excluding carboxylic acids is 1. The summed E-state index contributed by atoms with van der Waals surface area (Å²) in [5.41, 5.74) is 0.748. The van der Waals surface area contributed by atoms with E-state index in [9.17, 15) is 17.6 Å². The fraction of sp³-hybridized carbons (Fsp3) is 0.318. The van der Waals surface area contributed by atoms with Crippen molar-refractivity contribution in [2.24, 2.45) is 0 Å². The van der Waals surface area contributed by atoms with Gasteiger partial charge in [-0.3, -0.25) is 14.5 Å². The third kappa shape index (κ3) is 5.07. The summed E-state index contributed by atoms with van der Waals surface area (Å²) in [4.78, 5) is 24.2. The van der Waals surface area contributed by atoms with Crippen LogP contribution in [0.4, 0.5) is 15.9 Å². The lowest BCUT2D eigenvalue weighted by Crippen LogP contribution is -2.36. The minimum atomic E-state index is -3.67. The second-order valence-electron chi connectivity index (χ2n) is 7.57. The smallest absolute Gasteiger partial charge is 0.232 e. The van der Waals surface area contributed by atoms with E-state index in [4.69, 9.17) is 16.3 Å². The molecule has 2 heterocycles. The summed E-state index contributed by atoms with van der Waals surface area (Å²) in [6.45, 7) is 4.26. The van der Waals surface area contributed by atoms with Gasteiger partial charge in [-0.1, -0.05) is 18.5 Å². The Labute approximate surface area is 195 Å². The number of hydrogen-bond acceptors (Lipinski definition) is 7. The minimum Gasteiger partial charge on any atom is -0.378 e. The van der Waals surface area contributed by atoms with Crippen molar-refractivity contribution >= 4 is 49.9 Å². The minimum absolute atomic E-state index is 0.0509. The van der Waals surface area contributed by atoms with Crippen LogP contribution in [-0.2, 0) is 14.8 Å². The first-order chi connectivity index (χ1) is 15.8. The lowest BCUT2D eigenvalue weighted by Gasteiger charge is -2.27. The number of hydrogen-bond donors (Lipinski definition) is 1. The molecule has 1 aliphatic rings. The number of sulfonamides is 1. The third-order valence-electron chi connectivity index (χ3n) is 5.18. The molecule has 3 aromatic rings. The summed E-state index contributed by atoms with van der Waals surface area (Å²) < 4.78 is 46.6. The second-order valence-corrected chi connectivity index (χ2v) is 9.78. The highest BCUT2D eigenvalue weighted by Crippen LogP contribution is 2.31. The van der Waals surface area contributed by atoms with Gasteiger partial charge >= 0.3 is 0 Å². The molecular weight excluding hydrogens is 471 g/mol. The van der Waals surface area contributed by atoms with E-state index in [1.807, 2.05) is 4.90 Å². The standard InChI is InChI=1S/C22H22ClFN4O4S/c1-2-11-33(30,31)27-17-6-4-15(24)20(21(17)23)22(29)14-3-5-16-18(12-14)26-19(13-25-16)28-7-9-32-10-8-28/h3-6,12-13,27H,2,7-11H2,1H3. The first-order valence-corrected chi connectivity index (χ1v) is 12.4. The molecule has 1 aliphatic heterocycles. The van der Waals surface area contributed by atoms with E-state index in [2.05, 4.69) is 14.7 Å². The fourth-order valence-corrected chi connectivity index (χ4v) is 5.05. The number of ether oxygens (including phenoxy) is 1. The number of halogens is 2. The predicted molar refractivity (Wildman–Crippen MR) is 125 cm³/mol. The molecule has 1 aromatic heterocycles. The number of fused-ring (bicyclic) bond motifs is 1. The van der Waals surface area contributed by atoms with Crippen molar-refractivity contribution in [2.75, 3.05) is 41.7 Å². The van der Waals surface area contributed by atoms with E-state index in [1.165, 1.54) is 18.2 Å². The Hall–Kier alpha value is -2.82. The average molecular weight is 493 g/mol. The highest BCUT2D eigenvalue weighted by Gasteiger charge is 2.23. The van der Waals surface area contributed by atoms with Crippen LogP contribution < -0.4 is 9.62 Å². The van der Waals surface area contributed by atoms with E-state index in [0.717, 1.165) is 6.07 Å². The first kappa shape index (κ1) is 23.3. The third-order valence-corrected chi connectivity index (χ3v) is 7.05. The Balaban J connectivity index is 1.69. The fourth-order valence-electron chi connectivity index (χ4n) is 3.56. The molecular formula is C22H22ClFN4O4S. The molecule has 1 fully saturated rings. The van der Waals surface area contributed by atoms with Crippen molar-refractivity contribution in [2.45, 2.75) is 13.3 Å². The lowest BCUT2D eigenvalue weighted by atomic mass is 10.0. The number of rotatable bonds is 7. The number of ketones is 1. The van der Waals surface area contributed by atoms with Crippen molar-refractivity contribution in [3.05, 3.63) is 58.5 Å². The van der Waals surface area contributed by atoms with E-state index in [1.54, 1.807) is 19.2 Å². The zero-order chi connectivity index (χ0) is 23.6. The molecule has 1 N–H and O–H groups in total. The van der Waals surface area contributed by atoms with Crippen LogP contribution in [-0.4, -0.2) is 56.2 Å². The Morgan fingerprint density at radius 1 is 1.21 bits per heavy atom. The van der Waals surface area contributed by atoms with Gasteiger partial charge in [0, 0.05) is 18.7 Å². The van der Waals surface area contributed by atoms with Crippen LogP contribution in [0.15, 0.2) is 36.5 Å². The molecule has 0 bridgehead atoms. The van der Waals surface area contributed by atoms with Crippen molar-refractivity contribution in [1.29, 1.82) is 0 Å². The summed E-state index contributed by atoms with van der Waals surface area (Å²) in [5.74, 6) is -1.00. The van der Waals surface area contributed by atoms with Gasteiger partial charge in [-0.15, -0.1) is 0 Å². The van der Waals surface area contributed by atoms with Crippen molar-refractivity contribution < 1.29 is 22.3 Å². The number of nitrogens with zero attached hydrogens (tertiary/aromatic N) is 3. The molecule has 174 valence electrons. The van der Waals surface area contributed by atoms with Crippen LogP contribution in [0, 0.1) is 5.82 Å². The molecule has 8 nitrogen and oxygen atoms in total. The summed E-state index contributed by atoms with van der Waals surface area (Å²) >= 11 is 6.28. The van der Waals surface area contributed by atoms with Crippen molar-refractivity contribution in [1.82, 2.24) is 9.97 Å². The first-order valence-electron chi connectivity index (χ1n) is 10.4. The molecule has 4 rings (SSSR count). The molecule has 0 spiro atoms. The SMILES string of the molecule is CCCS(=O)(=O)Nc1ccc(F)c(C(=O)c2ccc3ncc(N4CCOCC4)nc3c2)c1Cl. The number of aromatic nitrogens is 2. The van der Waals surface area contributed by atoms with Gasteiger partial charge in [0.2, 0.25) is 10.0 Å². The van der Waals surface area contributed by atoms with Gasteiger partial charge in [-0.2, -0.15) is 0 Å². The number of anilines is 2. The van der Waals surface area contributed by atoms with E-state index in [0.29, 0.717) is 49.6 Å². The molecule has 0 unspecified atom stereocenters.